The van der Waals surface area contributed by atoms with Crippen LogP contribution < -0.4 is 0 Å². The minimum Gasteiger partial charge on any atom is -0.606 e. The molecule has 0 bridgehead atoms. The van der Waals surface area contributed by atoms with E-state index in [0.29, 0.717) is 0 Å². The molecule has 0 amide bonds. The third-order valence-electron chi connectivity index (χ3n) is 1.91. The van der Waals surface area contributed by atoms with E-state index in [9.17, 15) is 4.55 Å². The van der Waals surface area contributed by atoms with Crippen molar-refractivity contribution in [2.45, 2.75) is 9.79 Å². The summed E-state index contributed by atoms with van der Waals surface area (Å²) in [7, 11) is 0.778. The van der Waals surface area contributed by atoms with Crippen molar-refractivity contribution in [3.8, 4) is 0 Å². The van der Waals surface area contributed by atoms with Gasteiger partial charge >= 0.3 is 0 Å². The summed E-state index contributed by atoms with van der Waals surface area (Å²) in [6.45, 7) is 0. The monoisotopic (exact) mass is 268 g/mol. The molecule has 0 aliphatic carbocycles. The molecule has 0 N–H and O–H groups in total. The quantitative estimate of drug-likeness (QED) is 0.466. The zero-order valence-corrected chi connectivity index (χ0v) is 12.5. The molecule has 0 heterocycles. The summed E-state index contributed by atoms with van der Waals surface area (Å²) in [5, 5.41) is 0. The van der Waals surface area contributed by atoms with E-state index in [1.165, 1.54) is 0 Å². The summed E-state index contributed by atoms with van der Waals surface area (Å²) in [5.74, 6) is 0. The van der Waals surface area contributed by atoms with Gasteiger partial charge in [0, 0.05) is 11.2 Å². The maximum Gasteiger partial charge on any atom is 0.158 e. The summed E-state index contributed by atoms with van der Waals surface area (Å²) >= 11 is 3.73. The number of hydrogen-bond acceptors (Lipinski definition) is 1. The van der Waals surface area contributed by atoms with Crippen LogP contribution in [0.25, 0.3) is 0 Å². The molecular formula is C12H13ClOSSi. The van der Waals surface area contributed by atoms with Crippen LogP contribution in [0.15, 0.2) is 70.5 Å². The molecule has 0 aromatic heterocycles. The second kappa shape index (κ2) is 7.52. The molecular weight excluding hydrogens is 256 g/mol. The molecule has 0 fully saturated rings. The van der Waals surface area contributed by atoms with Crippen LogP contribution in [-0.4, -0.2) is 14.1 Å². The molecule has 0 spiro atoms. The van der Waals surface area contributed by atoms with Gasteiger partial charge in [-0.15, -0.1) is 0 Å². The van der Waals surface area contributed by atoms with E-state index in [-0.39, 0.29) is 0 Å². The van der Waals surface area contributed by atoms with Crippen LogP contribution in [0.3, 0.4) is 0 Å². The molecule has 16 heavy (non-hydrogen) atoms. The smallest absolute Gasteiger partial charge is 0.158 e. The molecule has 0 aliphatic heterocycles. The van der Waals surface area contributed by atoms with Crippen molar-refractivity contribution in [1.82, 2.24) is 0 Å². The minimum absolute atomic E-state index is 0.778. The zero-order chi connectivity index (χ0) is 11.8. The van der Waals surface area contributed by atoms with Crippen LogP contribution in [0.4, 0.5) is 0 Å². The second-order valence-corrected chi connectivity index (χ2v) is 4.38. The highest BCUT2D eigenvalue weighted by Gasteiger charge is 2.12. The normalized spacial score (nSPS) is 9.69. The topological polar surface area (TPSA) is 23.1 Å². The van der Waals surface area contributed by atoms with Gasteiger partial charge in [0.25, 0.3) is 0 Å². The van der Waals surface area contributed by atoms with Crippen LogP contribution in [-0.2, 0) is 11.2 Å². The van der Waals surface area contributed by atoms with Gasteiger partial charge < -0.3 is 4.55 Å². The summed E-state index contributed by atoms with van der Waals surface area (Å²) < 4.78 is 12.0. The van der Waals surface area contributed by atoms with Crippen LogP contribution in [0.1, 0.15) is 0 Å². The molecule has 84 valence electrons. The lowest BCUT2D eigenvalue weighted by Gasteiger charge is -2.08. The first-order valence-electron chi connectivity index (χ1n) is 4.77. The van der Waals surface area contributed by atoms with Crippen molar-refractivity contribution in [2.24, 2.45) is 0 Å². The van der Waals surface area contributed by atoms with Gasteiger partial charge in [0.15, 0.2) is 9.79 Å². The Morgan fingerprint density at radius 2 is 1.06 bits per heavy atom. The highest BCUT2D eigenvalue weighted by atomic mass is 35.6. The van der Waals surface area contributed by atoms with Gasteiger partial charge in [0.1, 0.15) is 9.55 Å². The third-order valence-corrected chi connectivity index (χ3v) is 3.32. The molecule has 0 unspecified atom stereocenters. The van der Waals surface area contributed by atoms with E-state index < -0.39 is 11.2 Å². The maximum absolute atomic E-state index is 12.0. The molecule has 0 radical (unpaired) electrons. The van der Waals surface area contributed by atoms with Gasteiger partial charge in [-0.1, -0.05) is 36.4 Å². The molecule has 0 saturated carbocycles. The molecule has 0 atom stereocenters. The number of rotatable bonds is 2. The fraction of sp³-hybridized carbons (Fsp3) is 0. The van der Waals surface area contributed by atoms with Crippen molar-refractivity contribution in [3.05, 3.63) is 60.7 Å². The number of halogens is 1. The van der Waals surface area contributed by atoms with Crippen LogP contribution in [0.5, 0.6) is 0 Å². The van der Waals surface area contributed by atoms with Crippen molar-refractivity contribution >= 4 is 31.8 Å². The SMILES string of the molecule is [O-][S+](c1ccccc1)c1ccccc1.[SiH3]Cl. The zero-order valence-electron chi connectivity index (χ0n) is 8.97. The first kappa shape index (κ1) is 13.3. The lowest BCUT2D eigenvalue weighted by Crippen LogP contribution is -2.00. The predicted molar refractivity (Wildman–Crippen MR) is 73.4 cm³/mol. The van der Waals surface area contributed by atoms with Crippen LogP contribution >= 0.6 is 11.1 Å². The fourth-order valence-electron chi connectivity index (χ4n) is 1.22. The van der Waals surface area contributed by atoms with E-state index in [2.05, 4.69) is 0 Å². The van der Waals surface area contributed by atoms with E-state index in [0.717, 1.165) is 19.3 Å². The van der Waals surface area contributed by atoms with E-state index >= 15 is 0 Å². The third kappa shape index (κ3) is 3.68. The Morgan fingerprint density at radius 1 is 0.750 bits per heavy atom. The predicted octanol–water partition coefficient (Wildman–Crippen LogP) is 2.36. The van der Waals surface area contributed by atoms with Crippen molar-refractivity contribution in [3.63, 3.8) is 0 Å². The van der Waals surface area contributed by atoms with Gasteiger partial charge in [-0.3, -0.25) is 0 Å². The van der Waals surface area contributed by atoms with Crippen LogP contribution in [0, 0.1) is 0 Å². The number of benzene rings is 2. The molecule has 0 saturated heterocycles. The Hall–Kier alpha value is -0.743. The van der Waals surface area contributed by atoms with Gasteiger partial charge in [-0.2, -0.15) is 11.1 Å². The van der Waals surface area contributed by atoms with Crippen molar-refractivity contribution in [2.75, 3.05) is 0 Å². The largest absolute Gasteiger partial charge is 0.606 e. The standard InChI is InChI=1S/C12H10OS.ClH3Si/c13-14(11-7-3-1-4-8-11)12-9-5-2-6-10-12;1-2/h1-10H;2H3. The van der Waals surface area contributed by atoms with Crippen molar-refractivity contribution < 1.29 is 4.55 Å². The summed E-state index contributed by atoms with van der Waals surface area (Å²) in [5.41, 5.74) is 0. The molecule has 1 nitrogen and oxygen atoms in total. The first-order chi connectivity index (χ1) is 7.88. The Kier molecular flexibility index (Phi) is 6.26. The Morgan fingerprint density at radius 3 is 1.38 bits per heavy atom. The molecule has 2 aromatic rings. The average Bonchev–Trinajstić information content (AvgIpc) is 2.42. The van der Waals surface area contributed by atoms with Gasteiger partial charge in [0.2, 0.25) is 0 Å². The molecule has 2 rings (SSSR count). The Balaban J connectivity index is 0.000000606. The first-order valence-corrected chi connectivity index (χ1v) is 8.95. The number of hydrogen-bond donors (Lipinski definition) is 0. The van der Waals surface area contributed by atoms with E-state index in [4.69, 9.17) is 11.1 Å². The molecule has 2 aromatic carbocycles. The van der Waals surface area contributed by atoms with Crippen molar-refractivity contribution in [1.29, 1.82) is 0 Å². The lowest BCUT2D eigenvalue weighted by molar-refractivity contribution is 0.595. The van der Waals surface area contributed by atoms with Gasteiger partial charge in [-0.25, -0.2) is 0 Å². The average molecular weight is 269 g/mol. The summed E-state index contributed by atoms with van der Waals surface area (Å²) in [6, 6.07) is 19.0. The molecule has 4 heteroatoms. The highest BCUT2D eigenvalue weighted by molar-refractivity contribution is 7.91. The van der Waals surface area contributed by atoms with Gasteiger partial charge in [-0.05, 0) is 24.3 Å². The van der Waals surface area contributed by atoms with E-state index in [1.54, 1.807) is 0 Å². The Bertz CT molecular complexity index is 357. The Labute approximate surface area is 107 Å². The summed E-state index contributed by atoms with van der Waals surface area (Å²) in [4.78, 5) is 1.69. The fourth-order valence-corrected chi connectivity index (χ4v) is 2.31. The lowest BCUT2D eigenvalue weighted by atomic mass is 10.4. The molecule has 0 aliphatic rings. The van der Waals surface area contributed by atoms with Crippen LogP contribution in [0.2, 0.25) is 0 Å². The second-order valence-electron chi connectivity index (χ2n) is 2.89. The summed E-state index contributed by atoms with van der Waals surface area (Å²) in [6.07, 6.45) is 0. The van der Waals surface area contributed by atoms with E-state index in [1.807, 2.05) is 60.7 Å². The highest BCUT2D eigenvalue weighted by Crippen LogP contribution is 2.19. The maximum atomic E-state index is 12.0. The minimum atomic E-state index is -1.05. The van der Waals surface area contributed by atoms with Gasteiger partial charge in [0.05, 0.1) is 0 Å².